The summed E-state index contributed by atoms with van der Waals surface area (Å²) in [4.78, 5) is 9.93. The molecular weight excluding hydrogens is 540 g/mol. The summed E-state index contributed by atoms with van der Waals surface area (Å²) in [5.41, 5.74) is 3.46. The largest absolute Gasteiger partial charge is 0.343 e. The molecule has 0 amide bonds. The molecule has 0 saturated heterocycles. The van der Waals surface area contributed by atoms with Gasteiger partial charge in [0.2, 0.25) is 11.3 Å². The summed E-state index contributed by atoms with van der Waals surface area (Å²) in [7, 11) is 0. The predicted molar refractivity (Wildman–Crippen MR) is 135 cm³/mol. The topological polar surface area (TPSA) is 111 Å². The van der Waals surface area contributed by atoms with Gasteiger partial charge >= 0.3 is 5.65 Å². The van der Waals surface area contributed by atoms with E-state index in [1.807, 2.05) is 19.1 Å². The van der Waals surface area contributed by atoms with E-state index in [1.54, 1.807) is 39.8 Å². The molecule has 0 saturated carbocycles. The first-order valence-corrected chi connectivity index (χ1v) is 12.4. The van der Waals surface area contributed by atoms with Crippen LogP contribution in [0.15, 0.2) is 69.4 Å². The van der Waals surface area contributed by atoms with Crippen molar-refractivity contribution < 1.29 is 13.7 Å². The van der Waals surface area contributed by atoms with Crippen LogP contribution in [0, 0.1) is 12.7 Å². The van der Waals surface area contributed by atoms with Crippen LogP contribution in [0.5, 0.6) is 0 Å². The fraction of sp³-hybridized carbons (Fsp3) is 0.0870. The summed E-state index contributed by atoms with van der Waals surface area (Å²) in [6, 6.07) is 13.2. The zero-order valence-corrected chi connectivity index (χ0v) is 21.3. The molecule has 0 radical (unpaired) electrons. The van der Waals surface area contributed by atoms with Crippen molar-refractivity contribution in [3.63, 3.8) is 0 Å². The second kappa shape index (κ2) is 9.54. The number of anilines is 2. The lowest BCUT2D eigenvalue weighted by atomic mass is 10.2. The number of aromatic nitrogens is 8. The number of hydrogen-bond donors (Lipinski definition) is 1. The van der Waals surface area contributed by atoms with Crippen LogP contribution in [-0.2, 0) is 6.54 Å². The molecule has 14 heteroatoms. The van der Waals surface area contributed by atoms with Crippen LogP contribution in [0.4, 0.5) is 15.9 Å². The molecule has 6 aromatic rings. The quantitative estimate of drug-likeness (QED) is 0.283. The second-order valence-corrected chi connectivity index (χ2v) is 9.84. The third kappa shape index (κ3) is 4.78. The van der Waals surface area contributed by atoms with Gasteiger partial charge in [0, 0.05) is 21.3 Å². The maximum absolute atomic E-state index is 13.4. The fourth-order valence-electron chi connectivity index (χ4n) is 3.66. The molecule has 0 fully saturated rings. The van der Waals surface area contributed by atoms with Crippen LogP contribution >= 0.6 is 35.0 Å². The summed E-state index contributed by atoms with van der Waals surface area (Å²) < 4.78 is 21.7. The molecule has 37 heavy (non-hydrogen) atoms. The van der Waals surface area contributed by atoms with E-state index in [0.29, 0.717) is 33.1 Å². The fourth-order valence-corrected chi connectivity index (χ4v) is 5.18. The Morgan fingerprint density at radius 1 is 1.05 bits per heavy atom. The molecule has 0 spiro atoms. The molecule has 0 aliphatic heterocycles. The molecule has 0 aliphatic rings. The van der Waals surface area contributed by atoms with Crippen molar-refractivity contribution in [2.45, 2.75) is 23.4 Å². The minimum atomic E-state index is -0.344. The van der Waals surface area contributed by atoms with Gasteiger partial charge in [-0.3, -0.25) is 0 Å². The van der Waals surface area contributed by atoms with Gasteiger partial charge in [0.05, 0.1) is 5.69 Å². The maximum Gasteiger partial charge on any atom is 0.343 e. The summed E-state index contributed by atoms with van der Waals surface area (Å²) in [6.07, 6.45) is 1.63. The lowest BCUT2D eigenvalue weighted by Crippen LogP contribution is -2.37. The monoisotopic (exact) mass is 554 g/mol. The zero-order valence-electron chi connectivity index (χ0n) is 18.9. The second-order valence-electron chi connectivity index (χ2n) is 7.97. The van der Waals surface area contributed by atoms with Gasteiger partial charge in [-0.05, 0) is 64.8 Å². The van der Waals surface area contributed by atoms with Gasteiger partial charge < -0.3 is 5.32 Å². The number of nitrogens with zero attached hydrogens (tertiary/aromatic N) is 8. The highest BCUT2D eigenvalue weighted by molar-refractivity contribution is 7.99. The normalized spacial score (nSPS) is 11.5. The number of hydrogen-bond acceptors (Lipinski definition) is 9. The Labute approximate surface area is 222 Å². The SMILES string of the molecule is Cc1cc(Sc2nc3nonc3nc2Nc2ccc(F)cc2)c2n(cn[n+]2Cc2ccc(Cl)cc2Cl)n1. The minimum Gasteiger partial charge on any atom is -0.338 e. The maximum atomic E-state index is 13.4. The summed E-state index contributed by atoms with van der Waals surface area (Å²) >= 11 is 13.8. The number of halogens is 3. The first kappa shape index (κ1) is 23.5. The number of benzene rings is 2. The third-order valence-electron chi connectivity index (χ3n) is 5.32. The predicted octanol–water partition coefficient (Wildman–Crippen LogP) is 5.04. The lowest BCUT2D eigenvalue weighted by molar-refractivity contribution is -0.721. The van der Waals surface area contributed by atoms with E-state index in [4.69, 9.17) is 27.8 Å². The van der Waals surface area contributed by atoms with Crippen LogP contribution < -0.4 is 10.00 Å². The Morgan fingerprint density at radius 3 is 2.62 bits per heavy atom. The number of aryl methyl sites for hydroxylation is 1. The van der Waals surface area contributed by atoms with Gasteiger partial charge in [0.25, 0.3) is 6.33 Å². The van der Waals surface area contributed by atoms with E-state index < -0.39 is 0 Å². The highest BCUT2D eigenvalue weighted by Gasteiger charge is 2.24. The van der Waals surface area contributed by atoms with Crippen molar-refractivity contribution in [1.29, 1.82) is 0 Å². The lowest BCUT2D eigenvalue weighted by Gasteiger charge is -2.10. The molecular formula is C23H15Cl2FN9OS+. The summed E-state index contributed by atoms with van der Waals surface area (Å²) in [6.45, 7) is 2.28. The molecule has 4 heterocycles. The Balaban J connectivity index is 1.43. The third-order valence-corrected chi connectivity index (χ3v) is 6.90. The van der Waals surface area contributed by atoms with Crippen LogP contribution in [-0.4, -0.2) is 35.0 Å². The van der Waals surface area contributed by atoms with Crippen molar-refractivity contribution in [3.8, 4) is 0 Å². The highest BCUT2D eigenvalue weighted by Crippen LogP contribution is 2.35. The van der Waals surface area contributed by atoms with Crippen molar-refractivity contribution >= 4 is 63.4 Å². The Morgan fingerprint density at radius 2 is 1.84 bits per heavy atom. The molecule has 0 unspecified atom stereocenters. The van der Waals surface area contributed by atoms with Crippen LogP contribution in [0.25, 0.3) is 16.9 Å². The molecule has 184 valence electrons. The van der Waals surface area contributed by atoms with Gasteiger partial charge in [0.1, 0.15) is 22.3 Å². The van der Waals surface area contributed by atoms with E-state index in [9.17, 15) is 4.39 Å². The van der Waals surface area contributed by atoms with Crippen LogP contribution in [0.2, 0.25) is 10.0 Å². The van der Waals surface area contributed by atoms with Gasteiger partial charge in [-0.15, -0.1) is 4.68 Å². The van der Waals surface area contributed by atoms with Crippen molar-refractivity contribution in [2.75, 3.05) is 5.32 Å². The standard InChI is InChI=1S/C23H15Cl2FN9OS/c1-12-8-18(23-34(27-11-35(23)31-12)10-13-2-3-14(24)9-17(13)25)37-22-21(28-16-6-4-15(26)5-7-16)29-19-20(30-22)33-36-32-19/h2-9,11H,10H2,1H3,(H,28,29,32)/q+1. The van der Waals surface area contributed by atoms with E-state index in [1.165, 1.54) is 23.9 Å². The van der Waals surface area contributed by atoms with Crippen molar-refractivity contribution in [1.82, 2.24) is 35.0 Å². The van der Waals surface area contributed by atoms with E-state index in [-0.39, 0.29) is 17.1 Å². The smallest absolute Gasteiger partial charge is 0.338 e. The number of nitrogens with one attached hydrogen (secondary N) is 1. The molecule has 1 N–H and O–H groups in total. The Bertz CT molecular complexity index is 1770. The van der Waals surface area contributed by atoms with Crippen LogP contribution in [0.1, 0.15) is 11.3 Å². The summed E-state index contributed by atoms with van der Waals surface area (Å²) in [5, 5.41) is 21.5. The van der Waals surface area contributed by atoms with Gasteiger partial charge in [-0.1, -0.05) is 50.6 Å². The number of fused-ring (bicyclic) bond motifs is 2. The van der Waals surface area contributed by atoms with E-state index in [2.05, 4.69) is 35.8 Å². The van der Waals surface area contributed by atoms with E-state index >= 15 is 0 Å². The average molecular weight is 555 g/mol. The van der Waals surface area contributed by atoms with Crippen LogP contribution in [0.3, 0.4) is 0 Å². The average Bonchev–Trinajstić information content (AvgIpc) is 3.49. The Kier molecular flexibility index (Phi) is 6.07. The van der Waals surface area contributed by atoms with Gasteiger partial charge in [-0.25, -0.2) is 19.0 Å². The van der Waals surface area contributed by atoms with E-state index in [0.717, 1.165) is 21.8 Å². The molecule has 0 bridgehead atoms. The molecule has 4 aromatic heterocycles. The highest BCUT2D eigenvalue weighted by atomic mass is 35.5. The van der Waals surface area contributed by atoms with Crippen molar-refractivity contribution in [2.24, 2.45) is 0 Å². The number of rotatable bonds is 6. The molecule has 0 aliphatic carbocycles. The first-order valence-electron chi connectivity index (χ1n) is 10.8. The van der Waals surface area contributed by atoms with Gasteiger partial charge in [0.15, 0.2) is 5.82 Å². The van der Waals surface area contributed by atoms with Gasteiger partial charge in [-0.2, -0.15) is 0 Å². The van der Waals surface area contributed by atoms with Crippen molar-refractivity contribution in [3.05, 3.63) is 82.0 Å². The molecule has 0 atom stereocenters. The Hall–Kier alpha value is -3.87. The first-order chi connectivity index (χ1) is 17.9. The molecule has 10 nitrogen and oxygen atoms in total. The molecule has 2 aromatic carbocycles. The summed E-state index contributed by atoms with van der Waals surface area (Å²) in [5.74, 6) is 0.0577. The molecule has 6 rings (SSSR count). The zero-order chi connectivity index (χ0) is 25.5. The minimum absolute atomic E-state index is 0.238.